The van der Waals surface area contributed by atoms with E-state index in [0.717, 1.165) is 12.8 Å². The van der Waals surface area contributed by atoms with Crippen LogP contribution in [0.5, 0.6) is 0 Å². The van der Waals surface area contributed by atoms with Crippen LogP contribution in [0.15, 0.2) is 48.2 Å². The Balaban J connectivity index is 2.17. The third-order valence-electron chi connectivity index (χ3n) is 2.17. The van der Waals surface area contributed by atoms with Gasteiger partial charge in [0.05, 0.1) is 6.61 Å². The van der Waals surface area contributed by atoms with Gasteiger partial charge in [0.2, 0.25) is 0 Å². The van der Waals surface area contributed by atoms with Gasteiger partial charge in [0.15, 0.2) is 0 Å². The molecule has 0 aliphatic rings. The maximum absolute atomic E-state index is 10.4. The van der Waals surface area contributed by atoms with Gasteiger partial charge in [0, 0.05) is 0 Å². The molecule has 1 aromatic carbocycles. The summed E-state index contributed by atoms with van der Waals surface area (Å²) in [6, 6.07) is 10.2. The second-order valence-electron chi connectivity index (χ2n) is 3.70. The van der Waals surface area contributed by atoms with E-state index in [2.05, 4.69) is 27.2 Å². The molecular weight excluding hydrogens is 250 g/mol. The molecule has 0 spiro atoms. The maximum Gasteiger partial charge on any atom is 0.333 e. The summed E-state index contributed by atoms with van der Waals surface area (Å²) < 4.78 is 25.2. The SMILES string of the molecule is NS(=O)(=O)OCCC=C=CCCc1ccccc1. The first-order valence-corrected chi connectivity index (χ1v) is 7.15. The highest BCUT2D eigenvalue weighted by molar-refractivity contribution is 7.84. The van der Waals surface area contributed by atoms with Crippen LogP contribution in [-0.4, -0.2) is 15.0 Å². The van der Waals surface area contributed by atoms with Gasteiger partial charge in [-0.2, -0.15) is 8.42 Å². The Morgan fingerprint density at radius 3 is 2.50 bits per heavy atom. The van der Waals surface area contributed by atoms with Crippen LogP contribution in [0.3, 0.4) is 0 Å². The summed E-state index contributed by atoms with van der Waals surface area (Å²) >= 11 is 0. The van der Waals surface area contributed by atoms with Crippen molar-refractivity contribution in [3.63, 3.8) is 0 Å². The van der Waals surface area contributed by atoms with E-state index in [0.29, 0.717) is 6.42 Å². The highest BCUT2D eigenvalue weighted by Crippen LogP contribution is 2.02. The number of hydrogen-bond donors (Lipinski definition) is 1. The average Bonchev–Trinajstić information content (AvgIpc) is 2.32. The summed E-state index contributed by atoms with van der Waals surface area (Å²) in [5.74, 6) is 0. The molecule has 0 saturated carbocycles. The van der Waals surface area contributed by atoms with Crippen molar-refractivity contribution in [3.8, 4) is 0 Å². The quantitative estimate of drug-likeness (QED) is 0.606. The molecule has 0 atom stereocenters. The lowest BCUT2D eigenvalue weighted by Gasteiger charge is -1.95. The van der Waals surface area contributed by atoms with Crippen molar-refractivity contribution in [2.75, 3.05) is 6.61 Å². The standard InChI is InChI=1S/C13H17NO3S/c14-18(15,16)17-12-8-3-1-2-5-9-13-10-6-4-7-11-13/h2-4,6-7,10-11H,5,8-9,12H2,(H2,14,15,16). The molecule has 0 aromatic heterocycles. The summed E-state index contributed by atoms with van der Waals surface area (Å²) in [6.45, 7) is 0.0539. The van der Waals surface area contributed by atoms with Crippen molar-refractivity contribution in [1.29, 1.82) is 0 Å². The molecule has 0 amide bonds. The van der Waals surface area contributed by atoms with E-state index in [1.807, 2.05) is 24.3 Å². The molecule has 4 nitrogen and oxygen atoms in total. The number of nitrogens with two attached hydrogens (primary N) is 1. The Hall–Kier alpha value is -1.39. The Morgan fingerprint density at radius 2 is 1.83 bits per heavy atom. The minimum absolute atomic E-state index is 0.0539. The fourth-order valence-corrected chi connectivity index (χ4v) is 1.69. The van der Waals surface area contributed by atoms with E-state index in [1.165, 1.54) is 5.56 Å². The molecule has 0 aliphatic carbocycles. The molecule has 98 valence electrons. The van der Waals surface area contributed by atoms with Crippen LogP contribution in [0.1, 0.15) is 18.4 Å². The predicted octanol–water partition coefficient (Wildman–Crippen LogP) is 1.94. The van der Waals surface area contributed by atoms with Gasteiger partial charge in [-0.3, -0.25) is 4.18 Å². The molecule has 18 heavy (non-hydrogen) atoms. The summed E-state index contributed by atoms with van der Waals surface area (Å²) in [7, 11) is -3.82. The summed E-state index contributed by atoms with van der Waals surface area (Å²) in [4.78, 5) is 0. The lowest BCUT2D eigenvalue weighted by atomic mass is 10.1. The van der Waals surface area contributed by atoms with Crippen LogP contribution < -0.4 is 5.14 Å². The van der Waals surface area contributed by atoms with Crippen LogP contribution in [0.2, 0.25) is 0 Å². The van der Waals surface area contributed by atoms with Gasteiger partial charge in [0.25, 0.3) is 0 Å². The molecule has 5 heteroatoms. The fraction of sp³-hybridized carbons (Fsp3) is 0.308. The Kier molecular flexibility index (Phi) is 6.39. The zero-order valence-corrected chi connectivity index (χ0v) is 10.9. The zero-order valence-electron chi connectivity index (χ0n) is 10.1. The van der Waals surface area contributed by atoms with Crippen molar-refractivity contribution in [1.82, 2.24) is 0 Å². The van der Waals surface area contributed by atoms with Crippen LogP contribution >= 0.6 is 0 Å². The van der Waals surface area contributed by atoms with Gasteiger partial charge in [0.1, 0.15) is 0 Å². The third-order valence-corrected chi connectivity index (χ3v) is 2.66. The number of benzene rings is 1. The predicted molar refractivity (Wildman–Crippen MR) is 71.1 cm³/mol. The first-order chi connectivity index (χ1) is 8.58. The molecule has 0 radical (unpaired) electrons. The third kappa shape index (κ3) is 7.81. The van der Waals surface area contributed by atoms with Crippen molar-refractivity contribution >= 4 is 10.3 Å². The molecule has 2 N–H and O–H groups in total. The van der Waals surface area contributed by atoms with E-state index in [9.17, 15) is 8.42 Å². The van der Waals surface area contributed by atoms with E-state index in [1.54, 1.807) is 6.08 Å². The van der Waals surface area contributed by atoms with Crippen molar-refractivity contribution in [2.45, 2.75) is 19.3 Å². The van der Waals surface area contributed by atoms with Crippen molar-refractivity contribution < 1.29 is 12.6 Å². The Labute approximate surface area is 108 Å². The zero-order chi connectivity index (χ0) is 13.3. The van der Waals surface area contributed by atoms with Gasteiger partial charge in [-0.1, -0.05) is 30.3 Å². The monoisotopic (exact) mass is 267 g/mol. The van der Waals surface area contributed by atoms with Gasteiger partial charge >= 0.3 is 10.3 Å². The molecular formula is C13H17NO3S. The molecule has 0 unspecified atom stereocenters. The van der Waals surface area contributed by atoms with Crippen LogP contribution in [0.4, 0.5) is 0 Å². The van der Waals surface area contributed by atoms with E-state index >= 15 is 0 Å². The summed E-state index contributed by atoms with van der Waals surface area (Å²) in [5.41, 5.74) is 4.26. The lowest BCUT2D eigenvalue weighted by molar-refractivity contribution is 0.325. The van der Waals surface area contributed by atoms with Crippen LogP contribution in [0.25, 0.3) is 0 Å². The first kappa shape index (κ1) is 14.7. The Bertz CT molecular complexity index is 502. The topological polar surface area (TPSA) is 69.4 Å². The van der Waals surface area contributed by atoms with Crippen molar-refractivity contribution in [2.24, 2.45) is 5.14 Å². The second-order valence-corrected chi connectivity index (χ2v) is 4.92. The lowest BCUT2D eigenvalue weighted by Crippen LogP contribution is -2.16. The number of aryl methyl sites for hydroxylation is 1. The fourth-order valence-electron chi connectivity index (χ4n) is 1.36. The smallest absolute Gasteiger partial charge is 0.258 e. The summed E-state index contributed by atoms with van der Waals surface area (Å²) in [5, 5.41) is 4.67. The van der Waals surface area contributed by atoms with E-state index < -0.39 is 10.3 Å². The molecule has 0 fully saturated rings. The highest BCUT2D eigenvalue weighted by Gasteiger charge is 1.98. The molecule has 1 rings (SSSR count). The molecule has 1 aromatic rings. The van der Waals surface area contributed by atoms with Gasteiger partial charge in [-0.25, -0.2) is 5.14 Å². The summed E-state index contributed by atoms with van der Waals surface area (Å²) in [6.07, 6.45) is 5.99. The maximum atomic E-state index is 10.4. The van der Waals surface area contributed by atoms with E-state index in [-0.39, 0.29) is 6.61 Å². The van der Waals surface area contributed by atoms with Crippen LogP contribution in [-0.2, 0) is 20.9 Å². The highest BCUT2D eigenvalue weighted by atomic mass is 32.2. The number of hydrogen-bond acceptors (Lipinski definition) is 3. The second kappa shape index (κ2) is 7.84. The van der Waals surface area contributed by atoms with Crippen molar-refractivity contribution in [3.05, 3.63) is 53.8 Å². The number of rotatable bonds is 7. The van der Waals surface area contributed by atoms with E-state index in [4.69, 9.17) is 0 Å². The van der Waals surface area contributed by atoms with Gasteiger partial charge in [-0.15, -0.1) is 5.73 Å². The Morgan fingerprint density at radius 1 is 1.17 bits per heavy atom. The largest absolute Gasteiger partial charge is 0.333 e. The van der Waals surface area contributed by atoms with Gasteiger partial charge < -0.3 is 0 Å². The minimum Gasteiger partial charge on any atom is -0.258 e. The molecule has 0 saturated heterocycles. The molecule has 0 aliphatic heterocycles. The molecule has 0 heterocycles. The normalized spacial score (nSPS) is 10.7. The average molecular weight is 267 g/mol. The first-order valence-electron chi connectivity index (χ1n) is 5.68. The van der Waals surface area contributed by atoms with Gasteiger partial charge in [-0.05, 0) is 37.0 Å². The molecule has 0 bridgehead atoms. The minimum atomic E-state index is -3.82. The van der Waals surface area contributed by atoms with Crippen LogP contribution in [0, 0.1) is 0 Å².